The molecule has 0 spiro atoms. The first-order valence-corrected chi connectivity index (χ1v) is 5.24. The van der Waals surface area contributed by atoms with E-state index < -0.39 is 0 Å². The summed E-state index contributed by atoms with van der Waals surface area (Å²) in [5.74, 6) is 0.870. The van der Waals surface area contributed by atoms with Crippen LogP contribution in [0.15, 0.2) is 16.7 Å². The predicted molar refractivity (Wildman–Crippen MR) is 58.8 cm³/mol. The Morgan fingerprint density at radius 1 is 1.59 bits per heavy atom. The molecule has 0 aliphatic rings. The molecule has 0 aliphatic carbocycles. The number of nitrogens with zero attached hydrogens (tertiary/aromatic N) is 3. The van der Waals surface area contributed by atoms with Crippen LogP contribution in [0.25, 0.3) is 11.6 Å². The molecule has 1 unspecified atom stereocenters. The lowest BCUT2D eigenvalue weighted by molar-refractivity contribution is 0.0903. The van der Waals surface area contributed by atoms with Crippen molar-refractivity contribution in [2.45, 2.75) is 19.4 Å². The van der Waals surface area contributed by atoms with Gasteiger partial charge in [-0.3, -0.25) is 0 Å². The lowest BCUT2D eigenvalue weighted by Crippen LogP contribution is -2.01. The molecule has 6 heteroatoms. The van der Waals surface area contributed by atoms with Gasteiger partial charge in [-0.2, -0.15) is 10.2 Å². The molecule has 6 nitrogen and oxygen atoms in total. The van der Waals surface area contributed by atoms with Crippen molar-refractivity contribution in [1.29, 1.82) is 5.26 Å². The molecular weight excluding hydrogens is 220 g/mol. The van der Waals surface area contributed by atoms with Crippen LogP contribution in [0.1, 0.15) is 31.0 Å². The van der Waals surface area contributed by atoms with Crippen LogP contribution in [0, 0.1) is 11.3 Å². The number of methoxy groups -OCH3 is 1. The number of ether oxygens (including phenoxy) is 1. The monoisotopic (exact) mass is 232 g/mol. The van der Waals surface area contributed by atoms with Gasteiger partial charge in [-0.15, -0.1) is 0 Å². The van der Waals surface area contributed by atoms with E-state index in [-0.39, 0.29) is 6.10 Å². The maximum absolute atomic E-state index is 8.70. The zero-order valence-corrected chi connectivity index (χ0v) is 9.60. The van der Waals surface area contributed by atoms with Gasteiger partial charge in [0.25, 0.3) is 5.89 Å². The van der Waals surface area contributed by atoms with E-state index >= 15 is 0 Å². The SMILES string of the molecule is CCC(OC)c1noc(-c2ccc(C#N)[nH]2)n1. The Bertz CT molecular complexity index is 534. The number of H-pyrrole nitrogens is 1. The molecule has 0 aromatic carbocycles. The van der Waals surface area contributed by atoms with Crippen LogP contribution >= 0.6 is 0 Å². The third-order valence-corrected chi connectivity index (χ3v) is 2.42. The standard InChI is InChI=1S/C11H12N4O2/c1-3-9(16-2)10-14-11(17-15-10)8-5-4-7(6-12)13-8/h4-5,9,13H,3H2,1-2H3. The van der Waals surface area contributed by atoms with Crippen LogP contribution in [0.5, 0.6) is 0 Å². The highest BCUT2D eigenvalue weighted by atomic mass is 16.5. The minimum Gasteiger partial charge on any atom is -0.373 e. The van der Waals surface area contributed by atoms with Crippen molar-refractivity contribution in [1.82, 2.24) is 15.1 Å². The molecule has 0 amide bonds. The Morgan fingerprint density at radius 3 is 3.00 bits per heavy atom. The molecule has 2 aromatic rings. The van der Waals surface area contributed by atoms with Crippen LogP contribution in [0.4, 0.5) is 0 Å². The largest absolute Gasteiger partial charge is 0.373 e. The van der Waals surface area contributed by atoms with E-state index in [1.54, 1.807) is 19.2 Å². The number of hydrogen-bond acceptors (Lipinski definition) is 5. The van der Waals surface area contributed by atoms with Crippen LogP contribution in [0.2, 0.25) is 0 Å². The van der Waals surface area contributed by atoms with Crippen molar-refractivity contribution in [3.63, 3.8) is 0 Å². The minimum absolute atomic E-state index is 0.169. The Morgan fingerprint density at radius 2 is 2.41 bits per heavy atom. The lowest BCUT2D eigenvalue weighted by atomic mass is 10.2. The van der Waals surface area contributed by atoms with Crippen molar-refractivity contribution in [3.05, 3.63) is 23.7 Å². The molecule has 2 rings (SSSR count). The highest BCUT2D eigenvalue weighted by molar-refractivity contribution is 5.49. The molecule has 2 heterocycles. The van der Waals surface area contributed by atoms with Gasteiger partial charge in [-0.25, -0.2) is 0 Å². The van der Waals surface area contributed by atoms with Crippen LogP contribution in [0.3, 0.4) is 0 Å². The summed E-state index contributed by atoms with van der Waals surface area (Å²) in [5, 5.41) is 12.6. The van der Waals surface area contributed by atoms with E-state index in [9.17, 15) is 0 Å². The number of aromatic amines is 1. The number of nitriles is 1. The van der Waals surface area contributed by atoms with Crippen molar-refractivity contribution < 1.29 is 9.26 Å². The second kappa shape index (κ2) is 4.80. The van der Waals surface area contributed by atoms with Crippen molar-refractivity contribution in [3.8, 4) is 17.7 Å². The Hall–Kier alpha value is -2.13. The van der Waals surface area contributed by atoms with Gasteiger partial charge in [0.2, 0.25) is 5.82 Å². The fraction of sp³-hybridized carbons (Fsp3) is 0.364. The molecule has 0 saturated carbocycles. The Balaban J connectivity index is 2.26. The van der Waals surface area contributed by atoms with Crippen LogP contribution < -0.4 is 0 Å². The van der Waals surface area contributed by atoms with E-state index in [1.807, 2.05) is 13.0 Å². The minimum atomic E-state index is -0.169. The fourth-order valence-electron chi connectivity index (χ4n) is 1.51. The van der Waals surface area contributed by atoms with Gasteiger partial charge < -0.3 is 14.2 Å². The summed E-state index contributed by atoms with van der Waals surface area (Å²) in [5.41, 5.74) is 1.09. The fourth-order valence-corrected chi connectivity index (χ4v) is 1.51. The topological polar surface area (TPSA) is 87.7 Å². The molecule has 0 aliphatic heterocycles. The molecule has 0 saturated heterocycles. The summed E-state index contributed by atoms with van der Waals surface area (Å²) < 4.78 is 10.3. The molecule has 2 aromatic heterocycles. The first-order chi connectivity index (χ1) is 8.28. The summed E-state index contributed by atoms with van der Waals surface area (Å²) >= 11 is 0. The van der Waals surface area contributed by atoms with Crippen molar-refractivity contribution in [2.24, 2.45) is 0 Å². The van der Waals surface area contributed by atoms with Gasteiger partial charge >= 0.3 is 0 Å². The summed E-state index contributed by atoms with van der Waals surface area (Å²) in [4.78, 5) is 7.10. The molecule has 17 heavy (non-hydrogen) atoms. The van der Waals surface area contributed by atoms with Gasteiger partial charge in [0.15, 0.2) is 0 Å². The first-order valence-electron chi connectivity index (χ1n) is 5.24. The van der Waals surface area contributed by atoms with Crippen LogP contribution in [-0.2, 0) is 4.74 Å². The average Bonchev–Trinajstić information content (AvgIpc) is 2.98. The molecule has 1 atom stereocenters. The van der Waals surface area contributed by atoms with E-state index in [0.717, 1.165) is 6.42 Å². The number of rotatable bonds is 4. The Kier molecular flexibility index (Phi) is 3.21. The second-order valence-corrected chi connectivity index (χ2v) is 3.49. The molecule has 0 radical (unpaired) electrons. The highest BCUT2D eigenvalue weighted by Gasteiger charge is 2.17. The van der Waals surface area contributed by atoms with Crippen molar-refractivity contribution in [2.75, 3.05) is 7.11 Å². The third kappa shape index (κ3) is 2.19. The maximum Gasteiger partial charge on any atom is 0.274 e. The molecule has 0 fully saturated rings. The lowest BCUT2D eigenvalue weighted by Gasteiger charge is -2.05. The molecule has 88 valence electrons. The van der Waals surface area contributed by atoms with Gasteiger partial charge in [0.1, 0.15) is 23.6 Å². The van der Waals surface area contributed by atoms with E-state index in [4.69, 9.17) is 14.5 Å². The summed E-state index contributed by atoms with van der Waals surface area (Å²) in [7, 11) is 1.60. The highest BCUT2D eigenvalue weighted by Crippen LogP contribution is 2.21. The number of nitrogens with one attached hydrogen (secondary N) is 1. The maximum atomic E-state index is 8.70. The Labute approximate surface area is 98.2 Å². The number of hydrogen-bond donors (Lipinski definition) is 1. The zero-order valence-electron chi connectivity index (χ0n) is 9.60. The summed E-state index contributed by atoms with van der Waals surface area (Å²) in [6, 6.07) is 5.38. The zero-order chi connectivity index (χ0) is 12.3. The molecular formula is C11H12N4O2. The van der Waals surface area contributed by atoms with E-state index in [1.165, 1.54) is 0 Å². The summed E-state index contributed by atoms with van der Waals surface area (Å²) in [6.07, 6.45) is 0.599. The van der Waals surface area contributed by atoms with Gasteiger partial charge in [0, 0.05) is 7.11 Å². The smallest absolute Gasteiger partial charge is 0.274 e. The molecule has 0 bridgehead atoms. The summed E-state index contributed by atoms with van der Waals surface area (Å²) in [6.45, 7) is 1.98. The number of aromatic nitrogens is 3. The van der Waals surface area contributed by atoms with E-state index in [0.29, 0.717) is 23.1 Å². The third-order valence-electron chi connectivity index (χ3n) is 2.42. The predicted octanol–water partition coefficient (Wildman–Crippen LogP) is 2.03. The van der Waals surface area contributed by atoms with Crippen LogP contribution in [-0.4, -0.2) is 22.2 Å². The van der Waals surface area contributed by atoms with Gasteiger partial charge in [-0.05, 0) is 18.6 Å². The average molecular weight is 232 g/mol. The van der Waals surface area contributed by atoms with Gasteiger partial charge in [0.05, 0.1) is 0 Å². The second-order valence-electron chi connectivity index (χ2n) is 3.49. The van der Waals surface area contributed by atoms with E-state index in [2.05, 4.69) is 15.1 Å². The first kappa shape index (κ1) is 11.4. The normalized spacial score (nSPS) is 12.3. The molecule has 1 N–H and O–H groups in total. The van der Waals surface area contributed by atoms with Gasteiger partial charge in [-0.1, -0.05) is 12.1 Å². The quantitative estimate of drug-likeness (QED) is 0.871. The van der Waals surface area contributed by atoms with Crippen molar-refractivity contribution >= 4 is 0 Å².